The summed E-state index contributed by atoms with van der Waals surface area (Å²) in [4.78, 5) is 22.9. The Balaban J connectivity index is 2.07. The molecule has 0 heterocycles. The van der Waals surface area contributed by atoms with E-state index in [0.717, 1.165) is 6.08 Å². The maximum absolute atomic E-state index is 12.2. The van der Waals surface area contributed by atoms with E-state index in [2.05, 4.69) is 5.32 Å². The third-order valence-electron chi connectivity index (χ3n) is 3.49. The van der Waals surface area contributed by atoms with Gasteiger partial charge in [0, 0.05) is 18.2 Å². The van der Waals surface area contributed by atoms with Gasteiger partial charge in [0.25, 0.3) is 0 Å². The fourth-order valence-corrected chi connectivity index (χ4v) is 2.28. The topological polar surface area (TPSA) is 105 Å². The number of aliphatic hydroxyl groups is 1. The van der Waals surface area contributed by atoms with E-state index in [4.69, 9.17) is 19.7 Å². The Morgan fingerprint density at radius 3 is 2.41 bits per heavy atom. The number of nitrogens with one attached hydrogen (secondary N) is 1. The van der Waals surface area contributed by atoms with Crippen molar-refractivity contribution in [2.45, 2.75) is 12.5 Å². The number of amides is 1. The Morgan fingerprint density at radius 1 is 1.07 bits per heavy atom. The SMILES string of the molecule is O=C(O)/C=C/C[C@@H](OC(=O)Nc1ccccc1)c1ccc(OCCO)cc1. The normalized spacial score (nSPS) is 11.7. The second-order valence-electron chi connectivity index (χ2n) is 5.50. The van der Waals surface area contributed by atoms with Crippen LogP contribution in [0.15, 0.2) is 66.7 Å². The van der Waals surface area contributed by atoms with E-state index >= 15 is 0 Å². The Bertz CT molecular complexity index is 758. The van der Waals surface area contributed by atoms with Crippen LogP contribution in [0.1, 0.15) is 18.1 Å². The Hall–Kier alpha value is -3.32. The molecule has 3 N–H and O–H groups in total. The molecule has 0 unspecified atom stereocenters. The Kier molecular flexibility index (Phi) is 7.87. The number of benzene rings is 2. The summed E-state index contributed by atoms with van der Waals surface area (Å²) in [7, 11) is 0. The summed E-state index contributed by atoms with van der Waals surface area (Å²) < 4.78 is 10.8. The first-order valence-electron chi connectivity index (χ1n) is 8.34. The lowest BCUT2D eigenvalue weighted by Gasteiger charge is -2.18. The Morgan fingerprint density at radius 2 is 1.78 bits per heavy atom. The molecule has 2 rings (SSSR count). The molecule has 1 amide bonds. The number of aliphatic carboxylic acids is 1. The third kappa shape index (κ3) is 7.21. The van der Waals surface area contributed by atoms with Crippen molar-refractivity contribution in [3.63, 3.8) is 0 Å². The van der Waals surface area contributed by atoms with Gasteiger partial charge >= 0.3 is 12.1 Å². The van der Waals surface area contributed by atoms with Crippen molar-refractivity contribution in [1.29, 1.82) is 0 Å². The van der Waals surface area contributed by atoms with Gasteiger partial charge in [-0.2, -0.15) is 0 Å². The fraction of sp³-hybridized carbons (Fsp3) is 0.200. The summed E-state index contributed by atoms with van der Waals surface area (Å²) in [5.41, 5.74) is 1.28. The number of carbonyl (C=O) groups is 2. The predicted octanol–water partition coefficient (Wildman–Crippen LogP) is 3.38. The molecular weight excluding hydrogens is 350 g/mol. The number of hydrogen-bond donors (Lipinski definition) is 3. The summed E-state index contributed by atoms with van der Waals surface area (Å²) in [6.45, 7) is 0.0905. The van der Waals surface area contributed by atoms with E-state index in [1.165, 1.54) is 6.08 Å². The van der Waals surface area contributed by atoms with Gasteiger partial charge < -0.3 is 19.7 Å². The molecule has 2 aromatic carbocycles. The van der Waals surface area contributed by atoms with Crippen LogP contribution in [0, 0.1) is 0 Å². The number of rotatable bonds is 9. The molecule has 7 heteroatoms. The molecule has 2 aromatic rings. The summed E-state index contributed by atoms with van der Waals surface area (Å²) in [5.74, 6) is -0.503. The van der Waals surface area contributed by atoms with Gasteiger partial charge in [0.05, 0.1) is 6.61 Å². The molecule has 0 aliphatic heterocycles. The van der Waals surface area contributed by atoms with Gasteiger partial charge in [0.1, 0.15) is 18.5 Å². The summed E-state index contributed by atoms with van der Waals surface area (Å²) in [6, 6.07) is 15.7. The standard InChI is InChI=1S/C20H21NO6/c22-13-14-26-17-11-9-15(10-12-17)18(7-4-8-19(23)24)27-20(25)21-16-5-2-1-3-6-16/h1-6,8-12,18,22H,7,13-14H2,(H,21,25)(H,23,24)/b8-4+/t18-/m1/s1. The van der Waals surface area contributed by atoms with Gasteiger partial charge in [-0.3, -0.25) is 5.32 Å². The van der Waals surface area contributed by atoms with Crippen LogP contribution in [0.25, 0.3) is 0 Å². The van der Waals surface area contributed by atoms with Crippen molar-refractivity contribution in [2.75, 3.05) is 18.5 Å². The number of carbonyl (C=O) groups excluding carboxylic acids is 1. The van der Waals surface area contributed by atoms with Crippen LogP contribution in [-0.2, 0) is 9.53 Å². The minimum absolute atomic E-state index is 0.0902. The highest BCUT2D eigenvalue weighted by Gasteiger charge is 2.16. The van der Waals surface area contributed by atoms with Crippen molar-refractivity contribution in [3.05, 3.63) is 72.3 Å². The second-order valence-corrected chi connectivity index (χ2v) is 5.50. The molecule has 0 fully saturated rings. The summed E-state index contributed by atoms with van der Waals surface area (Å²) in [5, 5.41) is 20.2. The first-order valence-corrected chi connectivity index (χ1v) is 8.34. The monoisotopic (exact) mass is 371 g/mol. The summed E-state index contributed by atoms with van der Waals surface area (Å²) in [6.07, 6.45) is 1.32. The quantitative estimate of drug-likeness (QED) is 0.584. The van der Waals surface area contributed by atoms with Crippen LogP contribution >= 0.6 is 0 Å². The van der Waals surface area contributed by atoms with Crippen LogP contribution in [0.3, 0.4) is 0 Å². The van der Waals surface area contributed by atoms with Crippen molar-refractivity contribution < 1.29 is 29.3 Å². The zero-order valence-electron chi connectivity index (χ0n) is 14.6. The van der Waals surface area contributed by atoms with Crippen LogP contribution in [0.4, 0.5) is 10.5 Å². The molecule has 0 saturated carbocycles. The van der Waals surface area contributed by atoms with E-state index in [9.17, 15) is 9.59 Å². The molecule has 0 aliphatic carbocycles. The van der Waals surface area contributed by atoms with Gasteiger partial charge in [0.2, 0.25) is 0 Å². The molecule has 27 heavy (non-hydrogen) atoms. The predicted molar refractivity (Wildman–Crippen MR) is 99.7 cm³/mol. The van der Waals surface area contributed by atoms with E-state index < -0.39 is 18.2 Å². The van der Waals surface area contributed by atoms with Crippen LogP contribution < -0.4 is 10.1 Å². The van der Waals surface area contributed by atoms with Gasteiger partial charge in [-0.15, -0.1) is 0 Å². The minimum Gasteiger partial charge on any atom is -0.491 e. The number of aliphatic hydroxyl groups excluding tert-OH is 1. The molecule has 0 bridgehead atoms. The van der Waals surface area contributed by atoms with Gasteiger partial charge in [-0.1, -0.05) is 36.4 Å². The minimum atomic E-state index is -1.07. The van der Waals surface area contributed by atoms with Gasteiger partial charge in [-0.05, 0) is 29.8 Å². The van der Waals surface area contributed by atoms with Crippen molar-refractivity contribution >= 4 is 17.7 Å². The highest BCUT2D eigenvalue weighted by molar-refractivity contribution is 5.84. The number of ether oxygens (including phenoxy) is 2. The summed E-state index contributed by atoms with van der Waals surface area (Å²) >= 11 is 0. The van der Waals surface area contributed by atoms with E-state index in [1.54, 1.807) is 48.5 Å². The lowest BCUT2D eigenvalue weighted by Crippen LogP contribution is -2.17. The van der Waals surface area contributed by atoms with E-state index in [1.807, 2.05) is 6.07 Å². The van der Waals surface area contributed by atoms with Crippen LogP contribution in [-0.4, -0.2) is 35.5 Å². The average Bonchev–Trinajstić information content (AvgIpc) is 2.66. The van der Waals surface area contributed by atoms with E-state index in [-0.39, 0.29) is 19.6 Å². The largest absolute Gasteiger partial charge is 0.491 e. The molecular formula is C20H21NO6. The molecule has 7 nitrogen and oxygen atoms in total. The molecule has 0 saturated heterocycles. The van der Waals surface area contributed by atoms with Crippen molar-refractivity contribution in [1.82, 2.24) is 0 Å². The highest BCUT2D eigenvalue weighted by Crippen LogP contribution is 2.25. The van der Waals surface area contributed by atoms with E-state index in [0.29, 0.717) is 17.0 Å². The highest BCUT2D eigenvalue weighted by atomic mass is 16.6. The number of carboxylic acids is 1. The lowest BCUT2D eigenvalue weighted by molar-refractivity contribution is -0.131. The van der Waals surface area contributed by atoms with Crippen molar-refractivity contribution in [3.8, 4) is 5.75 Å². The maximum atomic E-state index is 12.2. The van der Waals surface area contributed by atoms with Crippen LogP contribution in [0.2, 0.25) is 0 Å². The zero-order chi connectivity index (χ0) is 19.5. The zero-order valence-corrected chi connectivity index (χ0v) is 14.6. The Labute approximate surface area is 156 Å². The maximum Gasteiger partial charge on any atom is 0.412 e. The number of para-hydroxylation sites is 1. The number of hydrogen-bond acceptors (Lipinski definition) is 5. The smallest absolute Gasteiger partial charge is 0.412 e. The molecule has 1 atom stereocenters. The van der Waals surface area contributed by atoms with Gasteiger partial charge in [0.15, 0.2) is 0 Å². The molecule has 0 aliphatic rings. The molecule has 0 spiro atoms. The lowest BCUT2D eigenvalue weighted by atomic mass is 10.1. The third-order valence-corrected chi connectivity index (χ3v) is 3.49. The number of carboxylic acid groups (broad SMARTS) is 1. The van der Waals surface area contributed by atoms with Gasteiger partial charge in [-0.25, -0.2) is 9.59 Å². The molecule has 0 radical (unpaired) electrons. The van der Waals surface area contributed by atoms with Crippen molar-refractivity contribution in [2.24, 2.45) is 0 Å². The number of anilines is 1. The average molecular weight is 371 g/mol. The molecule has 142 valence electrons. The molecule has 0 aromatic heterocycles. The van der Waals surface area contributed by atoms with Crippen LogP contribution in [0.5, 0.6) is 5.75 Å². The first-order chi connectivity index (χ1) is 13.1. The first kappa shape index (κ1) is 20.0. The second kappa shape index (κ2) is 10.6. The fourth-order valence-electron chi connectivity index (χ4n) is 2.28.